The number of aromatic hydroxyl groups is 1. The quantitative estimate of drug-likeness (QED) is 0.658. The van der Waals surface area contributed by atoms with Crippen LogP contribution in [0.25, 0.3) is 0 Å². The molecule has 1 aliphatic carbocycles. The molecule has 1 heterocycles. The van der Waals surface area contributed by atoms with Crippen LogP contribution in [0.5, 0.6) is 5.75 Å². The van der Waals surface area contributed by atoms with E-state index in [2.05, 4.69) is 17.0 Å². The first-order chi connectivity index (χ1) is 11.5. The van der Waals surface area contributed by atoms with Crippen molar-refractivity contribution in [3.8, 4) is 5.75 Å². The van der Waals surface area contributed by atoms with Gasteiger partial charge in [0.05, 0.1) is 18.4 Å². The van der Waals surface area contributed by atoms with Crippen molar-refractivity contribution in [2.75, 3.05) is 12.4 Å². The van der Waals surface area contributed by atoms with Crippen molar-refractivity contribution >= 4 is 28.9 Å². The topological polar surface area (TPSA) is 75.6 Å². The van der Waals surface area contributed by atoms with Gasteiger partial charge < -0.3 is 15.2 Å². The Hall–Kier alpha value is -2.34. The molecule has 126 valence electrons. The number of phenolic OH excluding ortho intramolecular Hbond substituents is 1. The number of esters is 1. The first-order valence-electron chi connectivity index (χ1n) is 7.82. The first-order valence-corrected chi connectivity index (χ1v) is 8.70. The largest absolute Gasteiger partial charge is 0.505 e. The lowest BCUT2D eigenvalue weighted by atomic mass is 9.88. The Bertz CT molecular complexity index is 796. The van der Waals surface area contributed by atoms with Crippen molar-refractivity contribution in [1.82, 2.24) is 0 Å². The van der Waals surface area contributed by atoms with Gasteiger partial charge in [-0.1, -0.05) is 13.0 Å². The van der Waals surface area contributed by atoms with Crippen LogP contribution in [0.2, 0.25) is 0 Å². The van der Waals surface area contributed by atoms with E-state index in [0.29, 0.717) is 11.5 Å². The molecule has 1 atom stereocenters. The number of thiophene rings is 1. The van der Waals surface area contributed by atoms with Gasteiger partial charge in [-0.3, -0.25) is 4.79 Å². The van der Waals surface area contributed by atoms with Gasteiger partial charge in [-0.2, -0.15) is 0 Å². The Morgan fingerprint density at radius 3 is 2.88 bits per heavy atom. The molecule has 6 heteroatoms. The van der Waals surface area contributed by atoms with Gasteiger partial charge >= 0.3 is 5.97 Å². The number of hydrogen-bond donors (Lipinski definition) is 2. The molecule has 2 N–H and O–H groups in total. The lowest BCUT2D eigenvalue weighted by molar-refractivity contribution is 0.0597. The number of rotatable bonds is 3. The molecule has 3 rings (SSSR count). The number of anilines is 1. The maximum atomic E-state index is 12.6. The molecule has 0 radical (unpaired) electrons. The molecule has 1 unspecified atom stereocenters. The third-order valence-electron chi connectivity index (χ3n) is 4.34. The molecule has 2 aromatic rings. The van der Waals surface area contributed by atoms with Crippen LogP contribution >= 0.6 is 11.3 Å². The van der Waals surface area contributed by atoms with E-state index in [-0.39, 0.29) is 22.9 Å². The Kier molecular flexibility index (Phi) is 4.57. The fourth-order valence-electron chi connectivity index (χ4n) is 2.98. The molecular weight excluding hydrogens is 326 g/mol. The molecule has 5 nitrogen and oxygen atoms in total. The van der Waals surface area contributed by atoms with Gasteiger partial charge in [0.2, 0.25) is 0 Å². The summed E-state index contributed by atoms with van der Waals surface area (Å²) in [5, 5.41) is 14.8. The van der Waals surface area contributed by atoms with Crippen molar-refractivity contribution in [3.05, 3.63) is 45.1 Å². The zero-order chi connectivity index (χ0) is 17.3. The maximum absolute atomic E-state index is 12.6. The van der Waals surface area contributed by atoms with Crippen LogP contribution in [0.15, 0.2) is 23.6 Å². The number of nitrogens with one attached hydrogen (secondary N) is 1. The van der Waals surface area contributed by atoms with Crippen molar-refractivity contribution in [2.24, 2.45) is 5.92 Å². The van der Waals surface area contributed by atoms with E-state index in [0.717, 1.165) is 24.8 Å². The number of carbonyl (C=O) groups excluding carboxylic acids is 2. The molecule has 24 heavy (non-hydrogen) atoms. The molecule has 1 aromatic heterocycles. The van der Waals surface area contributed by atoms with Crippen molar-refractivity contribution in [3.63, 3.8) is 0 Å². The first kappa shape index (κ1) is 16.5. The van der Waals surface area contributed by atoms with E-state index in [4.69, 9.17) is 0 Å². The summed E-state index contributed by atoms with van der Waals surface area (Å²) in [5.41, 5.74) is 1.99. The van der Waals surface area contributed by atoms with Gasteiger partial charge in [0.15, 0.2) is 5.75 Å². The zero-order valence-corrected chi connectivity index (χ0v) is 14.4. The van der Waals surface area contributed by atoms with Gasteiger partial charge in [0.1, 0.15) is 5.56 Å². The summed E-state index contributed by atoms with van der Waals surface area (Å²) in [4.78, 5) is 25.5. The molecule has 0 saturated carbocycles. The molecule has 1 amide bonds. The molecule has 0 aliphatic heterocycles. The van der Waals surface area contributed by atoms with Crippen molar-refractivity contribution < 1.29 is 19.4 Å². The predicted molar refractivity (Wildman–Crippen MR) is 92.9 cm³/mol. The average Bonchev–Trinajstić information content (AvgIpc) is 2.99. The molecule has 1 aromatic carbocycles. The molecule has 0 fully saturated rings. The summed E-state index contributed by atoms with van der Waals surface area (Å²) in [5.74, 6) is -0.548. The SMILES string of the molecule is COC(=O)c1cccc(NC(=O)c2csc3c2CCC(C)C3)c1O. The smallest absolute Gasteiger partial charge is 0.341 e. The minimum atomic E-state index is -0.648. The minimum Gasteiger partial charge on any atom is -0.505 e. The predicted octanol–water partition coefficient (Wildman–Crippen LogP) is 3.62. The fraction of sp³-hybridized carbons (Fsp3) is 0.333. The molecular formula is C18H19NO4S. The fourth-order valence-corrected chi connectivity index (χ4v) is 4.22. The number of hydrogen-bond acceptors (Lipinski definition) is 5. The lowest BCUT2D eigenvalue weighted by Crippen LogP contribution is -2.17. The number of carbonyl (C=O) groups is 2. The normalized spacial score (nSPS) is 16.3. The van der Waals surface area contributed by atoms with E-state index in [1.54, 1.807) is 23.5 Å². The van der Waals surface area contributed by atoms with Gasteiger partial charge in [-0.15, -0.1) is 11.3 Å². The van der Waals surface area contributed by atoms with Crippen LogP contribution in [-0.4, -0.2) is 24.1 Å². The monoisotopic (exact) mass is 345 g/mol. The highest BCUT2D eigenvalue weighted by Gasteiger charge is 2.24. The number of methoxy groups -OCH3 is 1. The van der Waals surface area contributed by atoms with Crippen LogP contribution in [0.3, 0.4) is 0 Å². The molecule has 0 spiro atoms. The van der Waals surface area contributed by atoms with E-state index in [1.807, 2.05) is 5.38 Å². The van der Waals surface area contributed by atoms with Gasteiger partial charge in [-0.05, 0) is 42.9 Å². The number of ether oxygens (including phenoxy) is 1. The highest BCUT2D eigenvalue weighted by Crippen LogP contribution is 2.34. The summed E-state index contributed by atoms with van der Waals surface area (Å²) >= 11 is 1.61. The van der Waals surface area contributed by atoms with Crippen LogP contribution in [0.4, 0.5) is 5.69 Å². The second kappa shape index (κ2) is 6.65. The van der Waals surface area contributed by atoms with Crippen molar-refractivity contribution in [1.29, 1.82) is 0 Å². The molecule has 0 bridgehead atoms. The van der Waals surface area contributed by atoms with Crippen LogP contribution in [-0.2, 0) is 17.6 Å². The second-order valence-electron chi connectivity index (χ2n) is 6.05. The number of amides is 1. The van der Waals surface area contributed by atoms with E-state index >= 15 is 0 Å². The Morgan fingerprint density at radius 2 is 2.12 bits per heavy atom. The number of para-hydroxylation sites is 1. The van der Waals surface area contributed by atoms with Gasteiger partial charge in [0, 0.05) is 10.3 Å². The van der Waals surface area contributed by atoms with Crippen LogP contribution in [0, 0.1) is 5.92 Å². The highest BCUT2D eigenvalue weighted by molar-refractivity contribution is 7.10. The summed E-state index contributed by atoms with van der Waals surface area (Å²) in [6, 6.07) is 4.59. The molecule has 0 saturated heterocycles. The number of phenols is 1. The van der Waals surface area contributed by atoms with Crippen LogP contribution in [0.1, 0.15) is 44.5 Å². The van der Waals surface area contributed by atoms with Crippen LogP contribution < -0.4 is 5.32 Å². The Labute approximate surface area is 144 Å². The van der Waals surface area contributed by atoms with Gasteiger partial charge in [0.25, 0.3) is 5.91 Å². The summed E-state index contributed by atoms with van der Waals surface area (Å²) in [6.07, 6.45) is 2.99. The van der Waals surface area contributed by atoms with E-state index in [1.165, 1.54) is 18.1 Å². The van der Waals surface area contributed by atoms with E-state index < -0.39 is 5.97 Å². The maximum Gasteiger partial charge on any atom is 0.341 e. The Balaban J connectivity index is 1.85. The number of benzene rings is 1. The standard InChI is InChI=1S/C18H19NO4S/c1-10-6-7-11-13(9-24-15(11)8-10)17(21)19-14-5-3-4-12(16(14)20)18(22)23-2/h3-5,9-10,20H,6-8H2,1-2H3,(H,19,21). The lowest BCUT2D eigenvalue weighted by Gasteiger charge is -2.19. The third-order valence-corrected chi connectivity index (χ3v) is 5.39. The molecule has 1 aliphatic rings. The summed E-state index contributed by atoms with van der Waals surface area (Å²) in [6.45, 7) is 2.22. The van der Waals surface area contributed by atoms with E-state index in [9.17, 15) is 14.7 Å². The average molecular weight is 345 g/mol. The summed E-state index contributed by atoms with van der Waals surface area (Å²) in [7, 11) is 1.24. The minimum absolute atomic E-state index is 0.0245. The zero-order valence-electron chi connectivity index (χ0n) is 13.6. The Morgan fingerprint density at radius 1 is 1.33 bits per heavy atom. The summed E-state index contributed by atoms with van der Waals surface area (Å²) < 4.78 is 4.62. The highest BCUT2D eigenvalue weighted by atomic mass is 32.1. The second-order valence-corrected chi connectivity index (χ2v) is 7.01. The third kappa shape index (κ3) is 3.01. The van der Waals surface area contributed by atoms with Crippen molar-refractivity contribution in [2.45, 2.75) is 26.2 Å². The number of fused-ring (bicyclic) bond motifs is 1. The van der Waals surface area contributed by atoms with Gasteiger partial charge in [-0.25, -0.2) is 4.79 Å².